The average Bonchev–Trinajstić information content (AvgIpc) is 3.78. The van der Waals surface area contributed by atoms with Gasteiger partial charge in [0.15, 0.2) is 0 Å². The van der Waals surface area contributed by atoms with Crippen LogP contribution in [0, 0.1) is 0 Å². The van der Waals surface area contributed by atoms with E-state index in [2.05, 4.69) is 155 Å². The van der Waals surface area contributed by atoms with Crippen LogP contribution in [-0.2, 0) is 0 Å². The van der Waals surface area contributed by atoms with E-state index in [-0.39, 0.29) is 0 Å². The van der Waals surface area contributed by atoms with Crippen molar-refractivity contribution >= 4 is 54.8 Å². The molecule has 2 heterocycles. The monoisotopic (exact) mass is 550 g/mol. The maximum absolute atomic E-state index is 2.39. The SMILES string of the molecule is c1ccc2c(c1)c1ccccc1n2-c1ccc(C2=C(c3ccc(-n4c5ccccc5c5ccccc54)cc3)CCC2)cc1. The molecule has 0 saturated carbocycles. The summed E-state index contributed by atoms with van der Waals surface area (Å²) < 4.78 is 4.79. The Morgan fingerprint density at radius 1 is 0.326 bits per heavy atom. The Bertz CT molecular complexity index is 2070. The smallest absolute Gasteiger partial charge is 0.0541 e. The maximum atomic E-state index is 2.39. The molecule has 204 valence electrons. The summed E-state index contributed by atoms with van der Waals surface area (Å²) in [4.78, 5) is 0. The Hall–Kier alpha value is -5.34. The number of rotatable bonds is 4. The van der Waals surface area contributed by atoms with E-state index in [1.165, 1.54) is 83.7 Å². The minimum Gasteiger partial charge on any atom is -0.309 e. The molecule has 1 aliphatic rings. The highest BCUT2D eigenvalue weighted by molar-refractivity contribution is 6.10. The molecule has 0 unspecified atom stereocenters. The minimum atomic E-state index is 1.12. The molecule has 1 aliphatic carbocycles. The van der Waals surface area contributed by atoms with E-state index in [0.29, 0.717) is 0 Å². The van der Waals surface area contributed by atoms with Gasteiger partial charge >= 0.3 is 0 Å². The van der Waals surface area contributed by atoms with Gasteiger partial charge in [0.1, 0.15) is 0 Å². The summed E-state index contributed by atoms with van der Waals surface area (Å²) in [7, 11) is 0. The summed E-state index contributed by atoms with van der Waals surface area (Å²) in [6.45, 7) is 0. The van der Waals surface area contributed by atoms with Crippen molar-refractivity contribution < 1.29 is 0 Å². The zero-order chi connectivity index (χ0) is 28.3. The summed E-state index contributed by atoms with van der Waals surface area (Å²) in [6, 6.07) is 53.3. The molecular formula is C41H30N2. The second-order valence-electron chi connectivity index (χ2n) is 11.6. The second kappa shape index (κ2) is 9.61. The third-order valence-electron chi connectivity index (χ3n) is 9.33. The van der Waals surface area contributed by atoms with Crippen molar-refractivity contribution in [2.75, 3.05) is 0 Å². The van der Waals surface area contributed by atoms with Gasteiger partial charge in [-0.2, -0.15) is 0 Å². The van der Waals surface area contributed by atoms with E-state index in [1.807, 2.05) is 0 Å². The molecule has 2 nitrogen and oxygen atoms in total. The van der Waals surface area contributed by atoms with Gasteiger partial charge in [-0.25, -0.2) is 0 Å². The summed E-state index contributed by atoms with van der Waals surface area (Å²) in [6.07, 6.45) is 3.45. The van der Waals surface area contributed by atoms with Gasteiger partial charge in [-0.1, -0.05) is 97.1 Å². The number of allylic oxidation sites excluding steroid dienone is 2. The van der Waals surface area contributed by atoms with Crippen molar-refractivity contribution in [2.24, 2.45) is 0 Å². The van der Waals surface area contributed by atoms with Gasteiger partial charge in [0.25, 0.3) is 0 Å². The Balaban J connectivity index is 1.10. The highest BCUT2D eigenvalue weighted by Crippen LogP contribution is 2.41. The van der Waals surface area contributed by atoms with Crippen LogP contribution in [0.15, 0.2) is 146 Å². The molecule has 0 spiro atoms. The molecule has 9 rings (SSSR count). The zero-order valence-corrected chi connectivity index (χ0v) is 23.9. The second-order valence-corrected chi connectivity index (χ2v) is 11.6. The van der Waals surface area contributed by atoms with Crippen molar-refractivity contribution in [3.05, 3.63) is 157 Å². The van der Waals surface area contributed by atoms with Crippen LogP contribution in [0.5, 0.6) is 0 Å². The third-order valence-corrected chi connectivity index (χ3v) is 9.33. The molecule has 6 aromatic carbocycles. The van der Waals surface area contributed by atoms with E-state index in [9.17, 15) is 0 Å². The fourth-order valence-corrected chi connectivity index (χ4v) is 7.41. The predicted octanol–water partition coefficient (Wildman–Crippen LogP) is 11.0. The van der Waals surface area contributed by atoms with Crippen LogP contribution in [0.2, 0.25) is 0 Å². The van der Waals surface area contributed by atoms with Gasteiger partial charge in [-0.3, -0.25) is 0 Å². The highest BCUT2D eigenvalue weighted by Gasteiger charge is 2.19. The van der Waals surface area contributed by atoms with Gasteiger partial charge in [-0.05, 0) is 90.1 Å². The lowest BCUT2D eigenvalue weighted by Crippen LogP contribution is -1.95. The third kappa shape index (κ3) is 3.73. The van der Waals surface area contributed by atoms with Gasteiger partial charge in [0.2, 0.25) is 0 Å². The molecule has 0 bridgehead atoms. The Morgan fingerprint density at radius 2 is 0.628 bits per heavy atom. The van der Waals surface area contributed by atoms with Crippen LogP contribution < -0.4 is 0 Å². The molecule has 0 radical (unpaired) electrons. The Labute approximate surface area is 250 Å². The van der Waals surface area contributed by atoms with Crippen molar-refractivity contribution in [3.63, 3.8) is 0 Å². The molecule has 0 fully saturated rings. The first-order valence-corrected chi connectivity index (χ1v) is 15.3. The number of hydrogen-bond acceptors (Lipinski definition) is 0. The van der Waals surface area contributed by atoms with E-state index < -0.39 is 0 Å². The molecule has 0 amide bonds. The number of aromatic nitrogens is 2. The van der Waals surface area contributed by atoms with Crippen molar-refractivity contribution in [3.8, 4) is 11.4 Å². The molecule has 2 aromatic heterocycles. The lowest BCUT2D eigenvalue weighted by atomic mass is 9.96. The molecule has 0 aliphatic heterocycles. The van der Waals surface area contributed by atoms with Crippen LogP contribution >= 0.6 is 0 Å². The maximum Gasteiger partial charge on any atom is 0.0541 e. The number of para-hydroxylation sites is 4. The highest BCUT2D eigenvalue weighted by atomic mass is 15.0. The predicted molar refractivity (Wildman–Crippen MR) is 182 cm³/mol. The van der Waals surface area contributed by atoms with Crippen LogP contribution in [0.1, 0.15) is 30.4 Å². The standard InChI is InChI=1S/C41H30N2/c1-5-16-38-34(10-1)35-11-2-6-17-39(35)42(38)30-24-20-28(21-25-30)32-14-9-15-33(32)29-22-26-31(27-23-29)43-40-18-7-3-12-36(40)37-13-4-8-19-41(37)43/h1-8,10-13,16-27H,9,14-15H2. The van der Waals surface area contributed by atoms with E-state index in [4.69, 9.17) is 0 Å². The lowest BCUT2D eigenvalue weighted by molar-refractivity contribution is 0.941. The van der Waals surface area contributed by atoms with Crippen molar-refractivity contribution in [1.82, 2.24) is 9.13 Å². The van der Waals surface area contributed by atoms with Crippen LogP contribution in [0.3, 0.4) is 0 Å². The molecular weight excluding hydrogens is 520 g/mol. The first-order valence-electron chi connectivity index (χ1n) is 15.3. The Kier molecular flexibility index (Phi) is 5.42. The molecule has 0 atom stereocenters. The van der Waals surface area contributed by atoms with Gasteiger partial charge in [0, 0.05) is 32.9 Å². The Morgan fingerprint density at radius 3 is 0.953 bits per heavy atom. The molecule has 0 N–H and O–H groups in total. The summed E-state index contributed by atoms with van der Waals surface area (Å²) >= 11 is 0. The van der Waals surface area contributed by atoms with Crippen LogP contribution in [0.4, 0.5) is 0 Å². The number of fused-ring (bicyclic) bond motifs is 6. The van der Waals surface area contributed by atoms with Crippen molar-refractivity contribution in [1.29, 1.82) is 0 Å². The normalized spacial score (nSPS) is 13.7. The van der Waals surface area contributed by atoms with Gasteiger partial charge in [0.05, 0.1) is 22.1 Å². The fourth-order valence-electron chi connectivity index (χ4n) is 7.41. The first-order chi connectivity index (χ1) is 21.3. The summed E-state index contributed by atoms with van der Waals surface area (Å²) in [5.74, 6) is 0. The van der Waals surface area contributed by atoms with E-state index in [0.717, 1.165) is 12.8 Å². The molecule has 2 heteroatoms. The summed E-state index contributed by atoms with van der Waals surface area (Å²) in [5, 5.41) is 5.19. The fraction of sp³-hybridized carbons (Fsp3) is 0.0732. The van der Waals surface area contributed by atoms with Crippen LogP contribution in [0.25, 0.3) is 66.1 Å². The topological polar surface area (TPSA) is 9.86 Å². The van der Waals surface area contributed by atoms with Gasteiger partial charge in [-0.15, -0.1) is 0 Å². The minimum absolute atomic E-state index is 1.12. The average molecular weight is 551 g/mol. The van der Waals surface area contributed by atoms with Gasteiger partial charge < -0.3 is 9.13 Å². The zero-order valence-electron chi connectivity index (χ0n) is 23.9. The summed E-state index contributed by atoms with van der Waals surface area (Å²) in [5.41, 5.74) is 13.1. The number of hydrogen-bond donors (Lipinski definition) is 0. The largest absolute Gasteiger partial charge is 0.309 e. The van der Waals surface area contributed by atoms with E-state index in [1.54, 1.807) is 0 Å². The van der Waals surface area contributed by atoms with E-state index >= 15 is 0 Å². The number of nitrogens with zero attached hydrogens (tertiary/aromatic N) is 2. The lowest BCUT2D eigenvalue weighted by Gasteiger charge is -2.13. The first kappa shape index (κ1) is 24.3. The quantitative estimate of drug-likeness (QED) is 0.206. The number of benzene rings is 6. The molecule has 43 heavy (non-hydrogen) atoms. The molecule has 8 aromatic rings. The molecule has 0 saturated heterocycles. The van der Waals surface area contributed by atoms with Crippen LogP contribution in [-0.4, -0.2) is 9.13 Å². The van der Waals surface area contributed by atoms with Crippen molar-refractivity contribution in [2.45, 2.75) is 19.3 Å².